The molecule has 0 aromatic heterocycles. The number of hydrogen-bond acceptors (Lipinski definition) is 2. The van der Waals surface area contributed by atoms with E-state index in [0.717, 1.165) is 18.4 Å². The maximum atomic E-state index is 3.83. The maximum Gasteiger partial charge on any atom is 0.0309 e. The molecule has 0 bridgehead atoms. The van der Waals surface area contributed by atoms with E-state index in [1.807, 2.05) is 0 Å². The van der Waals surface area contributed by atoms with Gasteiger partial charge in [0.2, 0.25) is 0 Å². The number of piperazine rings is 1. The molecule has 0 aromatic carbocycles. The first-order valence-corrected chi connectivity index (χ1v) is 7.37. The zero-order valence-electron chi connectivity index (χ0n) is 12.3. The minimum absolute atomic E-state index is 0.317. The Morgan fingerprint density at radius 2 is 1.94 bits per heavy atom. The molecule has 2 atom stereocenters. The summed E-state index contributed by atoms with van der Waals surface area (Å²) < 4.78 is 0. The van der Waals surface area contributed by atoms with Gasteiger partial charge >= 0.3 is 0 Å². The number of hydrogen-bond donors (Lipinski definition) is 1. The van der Waals surface area contributed by atoms with Gasteiger partial charge in [0.1, 0.15) is 0 Å². The van der Waals surface area contributed by atoms with Gasteiger partial charge in [-0.15, -0.1) is 0 Å². The lowest BCUT2D eigenvalue weighted by atomic mass is 9.86. The van der Waals surface area contributed by atoms with Crippen molar-refractivity contribution in [1.82, 2.24) is 10.2 Å². The third kappa shape index (κ3) is 2.85. The Kier molecular flexibility index (Phi) is 3.57. The average Bonchev–Trinajstić information content (AvgIpc) is 3.08. The fourth-order valence-corrected chi connectivity index (χ4v) is 3.01. The summed E-state index contributed by atoms with van der Waals surface area (Å²) in [6, 6.07) is 0. The summed E-state index contributed by atoms with van der Waals surface area (Å²) in [4.78, 5) is 2.73. The molecule has 2 nitrogen and oxygen atoms in total. The molecular weight excluding hydrogens is 208 g/mol. The highest BCUT2D eigenvalue weighted by Gasteiger charge is 2.48. The van der Waals surface area contributed by atoms with Crippen LogP contribution in [-0.4, -0.2) is 35.6 Å². The van der Waals surface area contributed by atoms with E-state index in [1.54, 1.807) is 0 Å². The van der Waals surface area contributed by atoms with Gasteiger partial charge in [0, 0.05) is 30.7 Å². The monoisotopic (exact) mass is 238 g/mol. The number of nitrogens with zero attached hydrogens (tertiary/aromatic N) is 1. The van der Waals surface area contributed by atoms with E-state index < -0.39 is 0 Å². The molecule has 2 unspecified atom stereocenters. The summed E-state index contributed by atoms with van der Waals surface area (Å²) in [5.74, 6) is 1.74. The highest BCUT2D eigenvalue weighted by molar-refractivity contribution is 5.06. The Bertz CT molecular complexity index is 270. The fraction of sp³-hybridized carbons (Fsp3) is 1.00. The van der Waals surface area contributed by atoms with Crippen molar-refractivity contribution in [3.8, 4) is 0 Å². The van der Waals surface area contributed by atoms with Crippen LogP contribution in [-0.2, 0) is 0 Å². The standard InChI is InChI=1S/C15H30N2/c1-6-12(2)9-17-11-15(5,13-7-8-13)16-10-14(17,3)4/h12-13,16H,6-11H2,1-5H3. The Morgan fingerprint density at radius 1 is 1.29 bits per heavy atom. The SMILES string of the molecule is CCC(C)CN1CC(C)(C2CC2)NCC1(C)C. The predicted octanol–water partition coefficient (Wildman–Crippen LogP) is 2.89. The van der Waals surface area contributed by atoms with Gasteiger partial charge < -0.3 is 5.32 Å². The lowest BCUT2D eigenvalue weighted by Crippen LogP contribution is -2.68. The second-order valence-corrected chi connectivity index (χ2v) is 7.25. The first-order chi connectivity index (χ1) is 7.87. The van der Waals surface area contributed by atoms with E-state index in [2.05, 4.69) is 44.8 Å². The van der Waals surface area contributed by atoms with Gasteiger partial charge in [-0.25, -0.2) is 0 Å². The molecule has 2 heteroatoms. The summed E-state index contributed by atoms with van der Waals surface area (Å²) in [7, 11) is 0. The van der Waals surface area contributed by atoms with Crippen LogP contribution in [0, 0.1) is 11.8 Å². The lowest BCUT2D eigenvalue weighted by molar-refractivity contribution is 0.0140. The van der Waals surface area contributed by atoms with E-state index in [0.29, 0.717) is 11.1 Å². The van der Waals surface area contributed by atoms with E-state index in [4.69, 9.17) is 0 Å². The first kappa shape index (κ1) is 13.4. The van der Waals surface area contributed by atoms with Crippen molar-refractivity contribution in [2.45, 2.75) is 65.0 Å². The summed E-state index contributed by atoms with van der Waals surface area (Å²) in [5, 5.41) is 3.83. The molecule has 100 valence electrons. The van der Waals surface area contributed by atoms with Crippen molar-refractivity contribution < 1.29 is 0 Å². The minimum atomic E-state index is 0.317. The number of rotatable bonds is 4. The van der Waals surface area contributed by atoms with Crippen LogP contribution in [0.4, 0.5) is 0 Å². The van der Waals surface area contributed by atoms with Gasteiger partial charge in [-0.2, -0.15) is 0 Å². The Balaban J connectivity index is 2.03. The molecule has 2 aliphatic rings. The maximum absolute atomic E-state index is 3.83. The zero-order chi connectivity index (χ0) is 12.7. The average molecular weight is 238 g/mol. The smallest absolute Gasteiger partial charge is 0.0309 e. The molecule has 17 heavy (non-hydrogen) atoms. The third-order valence-electron chi connectivity index (χ3n) is 5.01. The summed E-state index contributed by atoms with van der Waals surface area (Å²) in [6.45, 7) is 15.5. The quantitative estimate of drug-likeness (QED) is 0.810. The van der Waals surface area contributed by atoms with Gasteiger partial charge in [-0.3, -0.25) is 4.90 Å². The van der Waals surface area contributed by atoms with E-state index in [9.17, 15) is 0 Å². The zero-order valence-corrected chi connectivity index (χ0v) is 12.3. The van der Waals surface area contributed by atoms with Crippen LogP contribution in [0.25, 0.3) is 0 Å². The normalized spacial score (nSPS) is 35.8. The Hall–Kier alpha value is -0.0800. The van der Waals surface area contributed by atoms with Crippen molar-refractivity contribution in [3.63, 3.8) is 0 Å². The summed E-state index contributed by atoms with van der Waals surface area (Å²) >= 11 is 0. The molecule has 1 N–H and O–H groups in total. The largest absolute Gasteiger partial charge is 0.308 e. The molecule has 1 saturated heterocycles. The van der Waals surface area contributed by atoms with Crippen LogP contribution in [0.1, 0.15) is 53.9 Å². The molecule has 0 aromatic rings. The fourth-order valence-electron chi connectivity index (χ4n) is 3.01. The summed E-state index contributed by atoms with van der Waals surface area (Å²) in [5.41, 5.74) is 0.695. The molecule has 2 fully saturated rings. The number of nitrogens with one attached hydrogen (secondary N) is 1. The summed E-state index contributed by atoms with van der Waals surface area (Å²) in [6.07, 6.45) is 4.16. The lowest BCUT2D eigenvalue weighted by Gasteiger charge is -2.52. The van der Waals surface area contributed by atoms with Gasteiger partial charge in [0.15, 0.2) is 0 Å². The molecular formula is C15H30N2. The van der Waals surface area contributed by atoms with Crippen LogP contribution in [0.3, 0.4) is 0 Å². The molecule has 1 heterocycles. The molecule has 1 aliphatic carbocycles. The Labute approximate surface area is 107 Å². The van der Waals surface area contributed by atoms with E-state index in [-0.39, 0.29) is 0 Å². The van der Waals surface area contributed by atoms with E-state index in [1.165, 1.54) is 32.4 Å². The third-order valence-corrected chi connectivity index (χ3v) is 5.01. The molecule has 0 spiro atoms. The van der Waals surface area contributed by atoms with Crippen molar-refractivity contribution >= 4 is 0 Å². The Morgan fingerprint density at radius 3 is 2.47 bits per heavy atom. The van der Waals surface area contributed by atoms with E-state index >= 15 is 0 Å². The van der Waals surface area contributed by atoms with Gasteiger partial charge in [-0.1, -0.05) is 20.3 Å². The molecule has 1 saturated carbocycles. The molecule has 2 rings (SSSR count). The first-order valence-electron chi connectivity index (χ1n) is 7.37. The van der Waals surface area contributed by atoms with Crippen molar-refractivity contribution in [3.05, 3.63) is 0 Å². The van der Waals surface area contributed by atoms with Gasteiger partial charge in [0.05, 0.1) is 0 Å². The topological polar surface area (TPSA) is 15.3 Å². The molecule has 0 radical (unpaired) electrons. The van der Waals surface area contributed by atoms with Crippen molar-refractivity contribution in [2.75, 3.05) is 19.6 Å². The van der Waals surface area contributed by atoms with Crippen LogP contribution in [0.5, 0.6) is 0 Å². The highest BCUT2D eigenvalue weighted by Crippen LogP contribution is 2.42. The van der Waals surface area contributed by atoms with Crippen molar-refractivity contribution in [1.29, 1.82) is 0 Å². The molecule has 0 amide bonds. The highest BCUT2D eigenvalue weighted by atomic mass is 15.3. The van der Waals surface area contributed by atoms with Crippen molar-refractivity contribution in [2.24, 2.45) is 11.8 Å². The van der Waals surface area contributed by atoms with Gasteiger partial charge in [0.25, 0.3) is 0 Å². The van der Waals surface area contributed by atoms with Crippen LogP contribution in [0.2, 0.25) is 0 Å². The molecule has 1 aliphatic heterocycles. The predicted molar refractivity (Wildman–Crippen MR) is 74.2 cm³/mol. The minimum Gasteiger partial charge on any atom is -0.308 e. The van der Waals surface area contributed by atoms with Crippen LogP contribution >= 0.6 is 0 Å². The van der Waals surface area contributed by atoms with Gasteiger partial charge in [-0.05, 0) is 45.4 Å². The van der Waals surface area contributed by atoms with Crippen LogP contribution in [0.15, 0.2) is 0 Å². The van der Waals surface area contributed by atoms with Crippen LogP contribution < -0.4 is 5.32 Å². The second kappa shape index (κ2) is 4.55. The second-order valence-electron chi connectivity index (χ2n) is 7.25.